The van der Waals surface area contributed by atoms with Crippen molar-refractivity contribution in [3.63, 3.8) is 0 Å². The number of benzene rings is 1. The van der Waals surface area contributed by atoms with Gasteiger partial charge in [0, 0.05) is 11.7 Å². The molecule has 1 aliphatic heterocycles. The number of imide groups is 1. The Morgan fingerprint density at radius 3 is 2.38 bits per heavy atom. The Hall–Kier alpha value is -2.04. The van der Waals surface area contributed by atoms with Gasteiger partial charge in [0.1, 0.15) is 11.8 Å². The van der Waals surface area contributed by atoms with Gasteiger partial charge in [-0.1, -0.05) is 13.8 Å². The molecule has 1 aliphatic rings. The van der Waals surface area contributed by atoms with Crippen LogP contribution in [0.15, 0.2) is 24.3 Å². The summed E-state index contributed by atoms with van der Waals surface area (Å²) in [4.78, 5) is 25.9. The number of nitrogens with one attached hydrogen (secondary N) is 1. The molecule has 1 atom stereocenters. The number of likely N-dealkylation sites (tertiary alicyclic amines) is 1. The van der Waals surface area contributed by atoms with E-state index < -0.39 is 6.04 Å². The molecule has 1 aromatic rings. The molecule has 1 saturated heterocycles. The van der Waals surface area contributed by atoms with Gasteiger partial charge in [0.25, 0.3) is 5.91 Å². The van der Waals surface area contributed by atoms with Crippen LogP contribution in [-0.4, -0.2) is 35.9 Å². The van der Waals surface area contributed by atoms with E-state index >= 15 is 0 Å². The van der Waals surface area contributed by atoms with Crippen LogP contribution in [0, 0.1) is 0 Å². The van der Waals surface area contributed by atoms with E-state index in [1.807, 2.05) is 38.1 Å². The fourth-order valence-electron chi connectivity index (χ4n) is 2.69. The zero-order valence-electron chi connectivity index (χ0n) is 12.8. The van der Waals surface area contributed by atoms with Crippen molar-refractivity contribution in [3.05, 3.63) is 24.3 Å². The number of carbonyl (C=O) groups excluding carboxylic acids is 2. The van der Waals surface area contributed by atoms with E-state index in [1.165, 1.54) is 4.90 Å². The van der Waals surface area contributed by atoms with Crippen molar-refractivity contribution in [2.75, 3.05) is 12.4 Å². The smallest absolute Gasteiger partial charge is 0.252 e. The van der Waals surface area contributed by atoms with Crippen molar-refractivity contribution in [3.8, 4) is 5.75 Å². The highest BCUT2D eigenvalue weighted by atomic mass is 16.5. The van der Waals surface area contributed by atoms with Crippen molar-refractivity contribution in [2.24, 2.45) is 0 Å². The highest BCUT2D eigenvalue weighted by molar-refractivity contribution is 6.07. The Morgan fingerprint density at radius 1 is 1.24 bits per heavy atom. The third kappa shape index (κ3) is 3.17. The molecule has 2 amide bonds. The molecule has 1 heterocycles. The van der Waals surface area contributed by atoms with Crippen LogP contribution in [0.4, 0.5) is 5.69 Å². The van der Waals surface area contributed by atoms with Crippen LogP contribution in [0.2, 0.25) is 0 Å². The highest BCUT2D eigenvalue weighted by Gasteiger charge is 2.41. The number of rotatable bonds is 6. The molecule has 5 heteroatoms. The highest BCUT2D eigenvalue weighted by Crippen LogP contribution is 2.24. The number of amides is 2. The Bertz CT molecular complexity index is 509. The molecule has 0 spiro atoms. The summed E-state index contributed by atoms with van der Waals surface area (Å²) in [7, 11) is 1.61. The zero-order chi connectivity index (χ0) is 15.4. The monoisotopic (exact) mass is 290 g/mol. The van der Waals surface area contributed by atoms with Crippen LogP contribution < -0.4 is 10.1 Å². The number of ether oxygens (including phenoxy) is 1. The molecule has 0 aliphatic carbocycles. The molecular formula is C16H22N2O3. The maximum Gasteiger partial charge on any atom is 0.252 e. The summed E-state index contributed by atoms with van der Waals surface area (Å²) in [6, 6.07) is 6.87. The fraction of sp³-hybridized carbons (Fsp3) is 0.500. The van der Waals surface area contributed by atoms with Crippen LogP contribution in [0.5, 0.6) is 5.75 Å². The van der Waals surface area contributed by atoms with Crippen molar-refractivity contribution in [1.29, 1.82) is 0 Å². The molecule has 1 aromatic carbocycles. The van der Waals surface area contributed by atoms with E-state index in [4.69, 9.17) is 4.74 Å². The Balaban J connectivity index is 2.07. The van der Waals surface area contributed by atoms with Crippen LogP contribution in [0.1, 0.15) is 33.1 Å². The Morgan fingerprint density at radius 2 is 1.86 bits per heavy atom. The quantitative estimate of drug-likeness (QED) is 0.817. The number of carbonyl (C=O) groups is 2. The molecular weight excluding hydrogens is 268 g/mol. The van der Waals surface area contributed by atoms with E-state index in [1.54, 1.807) is 7.11 Å². The summed E-state index contributed by atoms with van der Waals surface area (Å²) in [5.41, 5.74) is 0.813. The summed E-state index contributed by atoms with van der Waals surface area (Å²) >= 11 is 0. The van der Waals surface area contributed by atoms with Crippen LogP contribution >= 0.6 is 0 Å². The second kappa shape index (κ2) is 6.61. The minimum Gasteiger partial charge on any atom is -0.497 e. The minimum absolute atomic E-state index is 0.00710. The summed E-state index contributed by atoms with van der Waals surface area (Å²) < 4.78 is 5.10. The van der Waals surface area contributed by atoms with Gasteiger partial charge < -0.3 is 10.1 Å². The summed E-state index contributed by atoms with van der Waals surface area (Å²) in [6.07, 6.45) is 1.81. The molecule has 1 fully saturated rings. The van der Waals surface area contributed by atoms with E-state index in [9.17, 15) is 9.59 Å². The van der Waals surface area contributed by atoms with Crippen molar-refractivity contribution < 1.29 is 14.3 Å². The zero-order valence-corrected chi connectivity index (χ0v) is 12.8. The van der Waals surface area contributed by atoms with E-state index in [0.717, 1.165) is 24.3 Å². The standard InChI is InChI=1S/C16H22N2O3/c1-4-12(5-2)18-15(19)10-14(16(18)20)17-11-6-8-13(21-3)9-7-11/h6-9,12,14,17H,4-5,10H2,1-3H3. The van der Waals surface area contributed by atoms with Gasteiger partial charge in [0.05, 0.1) is 13.5 Å². The number of nitrogens with zero attached hydrogens (tertiary/aromatic N) is 1. The average Bonchev–Trinajstić information content (AvgIpc) is 2.77. The first-order valence-corrected chi connectivity index (χ1v) is 7.37. The molecule has 1 unspecified atom stereocenters. The van der Waals surface area contributed by atoms with Crippen molar-refractivity contribution >= 4 is 17.5 Å². The van der Waals surface area contributed by atoms with Crippen molar-refractivity contribution in [1.82, 2.24) is 4.90 Å². The first kappa shape index (κ1) is 15.4. The van der Waals surface area contributed by atoms with E-state index in [0.29, 0.717) is 0 Å². The second-order valence-electron chi connectivity index (χ2n) is 5.20. The summed E-state index contributed by atoms with van der Waals surface area (Å²) in [6.45, 7) is 4.00. The van der Waals surface area contributed by atoms with Gasteiger partial charge in [-0.2, -0.15) is 0 Å². The fourth-order valence-corrected chi connectivity index (χ4v) is 2.69. The molecule has 0 radical (unpaired) electrons. The molecule has 114 valence electrons. The lowest BCUT2D eigenvalue weighted by Crippen LogP contribution is -2.41. The number of anilines is 1. The molecule has 0 saturated carbocycles. The van der Waals surface area contributed by atoms with Gasteiger partial charge in [0.15, 0.2) is 0 Å². The van der Waals surface area contributed by atoms with Crippen molar-refractivity contribution in [2.45, 2.75) is 45.2 Å². The minimum atomic E-state index is -0.466. The second-order valence-corrected chi connectivity index (χ2v) is 5.20. The number of hydrogen-bond acceptors (Lipinski definition) is 4. The van der Waals surface area contributed by atoms with Gasteiger partial charge >= 0.3 is 0 Å². The van der Waals surface area contributed by atoms with Gasteiger partial charge in [0.2, 0.25) is 5.91 Å². The number of hydrogen-bond donors (Lipinski definition) is 1. The Kier molecular flexibility index (Phi) is 4.83. The third-order valence-electron chi connectivity index (χ3n) is 3.92. The SMILES string of the molecule is CCC(CC)N1C(=O)CC(Nc2ccc(OC)cc2)C1=O. The molecule has 0 bridgehead atoms. The molecule has 2 rings (SSSR count). The van der Waals surface area contributed by atoms with Gasteiger partial charge in [-0.25, -0.2) is 0 Å². The maximum absolute atomic E-state index is 12.4. The number of methoxy groups -OCH3 is 1. The van der Waals surface area contributed by atoms with E-state index in [2.05, 4.69) is 5.32 Å². The van der Waals surface area contributed by atoms with E-state index in [-0.39, 0.29) is 24.3 Å². The van der Waals surface area contributed by atoms with Gasteiger partial charge in [-0.05, 0) is 37.1 Å². The summed E-state index contributed by atoms with van der Waals surface area (Å²) in [5, 5.41) is 3.14. The molecule has 5 nitrogen and oxygen atoms in total. The normalized spacial score (nSPS) is 18.5. The summed E-state index contributed by atoms with van der Waals surface area (Å²) in [5.74, 6) is 0.553. The molecule has 0 aromatic heterocycles. The topological polar surface area (TPSA) is 58.6 Å². The molecule has 1 N–H and O–H groups in total. The van der Waals surface area contributed by atoms with Crippen LogP contribution in [0.3, 0.4) is 0 Å². The lowest BCUT2D eigenvalue weighted by molar-refractivity contribution is -0.141. The first-order chi connectivity index (χ1) is 10.1. The maximum atomic E-state index is 12.4. The largest absolute Gasteiger partial charge is 0.497 e. The molecule has 21 heavy (non-hydrogen) atoms. The predicted octanol–water partition coefficient (Wildman–Crippen LogP) is 2.42. The lowest BCUT2D eigenvalue weighted by Gasteiger charge is -2.24. The van der Waals surface area contributed by atoms with Crippen LogP contribution in [0.25, 0.3) is 0 Å². The predicted molar refractivity (Wildman–Crippen MR) is 81.2 cm³/mol. The third-order valence-corrected chi connectivity index (χ3v) is 3.92. The Labute approximate surface area is 125 Å². The van der Waals surface area contributed by atoms with Gasteiger partial charge in [-0.3, -0.25) is 14.5 Å². The van der Waals surface area contributed by atoms with Crippen LogP contribution in [-0.2, 0) is 9.59 Å². The lowest BCUT2D eigenvalue weighted by atomic mass is 10.1. The van der Waals surface area contributed by atoms with Gasteiger partial charge in [-0.15, -0.1) is 0 Å². The first-order valence-electron chi connectivity index (χ1n) is 7.37. The average molecular weight is 290 g/mol.